The molecule has 0 aliphatic rings. The van der Waals surface area contributed by atoms with Gasteiger partial charge in [0.05, 0.1) is 10.6 Å². The van der Waals surface area contributed by atoms with Gasteiger partial charge in [-0.25, -0.2) is 14.2 Å². The highest BCUT2D eigenvalue weighted by Gasteiger charge is 2.18. The van der Waals surface area contributed by atoms with Gasteiger partial charge in [0.2, 0.25) is 0 Å². The molecule has 0 saturated heterocycles. The summed E-state index contributed by atoms with van der Waals surface area (Å²) in [6, 6.07) is 4.80. The van der Waals surface area contributed by atoms with E-state index >= 15 is 0 Å². The maximum absolute atomic E-state index is 13.0. The van der Waals surface area contributed by atoms with Gasteiger partial charge < -0.3 is 10.4 Å². The molecule has 0 atom stereocenters. The van der Waals surface area contributed by atoms with E-state index in [1.54, 1.807) is 0 Å². The number of aromatic carboxylic acids is 1. The van der Waals surface area contributed by atoms with Crippen LogP contribution in [0.5, 0.6) is 0 Å². The summed E-state index contributed by atoms with van der Waals surface area (Å²) in [5.74, 6) is -1.84. The zero-order valence-electron chi connectivity index (χ0n) is 10.2. The molecule has 0 bridgehead atoms. The Kier molecular flexibility index (Phi) is 4.31. The third kappa shape index (κ3) is 3.42. The van der Waals surface area contributed by atoms with Gasteiger partial charge in [0.25, 0.3) is 5.69 Å². The highest BCUT2D eigenvalue weighted by atomic mass is 127. The monoisotopic (exact) mass is 403 g/mol. The highest BCUT2D eigenvalue weighted by molar-refractivity contribution is 14.1. The van der Waals surface area contributed by atoms with Crippen molar-refractivity contribution in [1.29, 1.82) is 0 Å². The molecule has 9 heteroatoms. The third-order valence-corrected chi connectivity index (χ3v) is 3.39. The number of nitro groups is 1. The van der Waals surface area contributed by atoms with Gasteiger partial charge in [-0.15, -0.1) is 0 Å². The molecule has 0 aliphatic heterocycles. The molecule has 0 spiro atoms. The lowest BCUT2D eigenvalue weighted by atomic mass is 10.2. The summed E-state index contributed by atoms with van der Waals surface area (Å²) in [7, 11) is 0. The Morgan fingerprint density at radius 3 is 2.71 bits per heavy atom. The average Bonchev–Trinajstić information content (AvgIpc) is 2.41. The molecular weight excluding hydrogens is 396 g/mol. The fourth-order valence-corrected chi connectivity index (χ4v) is 2.15. The largest absolute Gasteiger partial charge is 0.478 e. The number of aromatic nitrogens is 1. The van der Waals surface area contributed by atoms with E-state index in [4.69, 9.17) is 5.11 Å². The van der Waals surface area contributed by atoms with Gasteiger partial charge in [0.15, 0.2) is 0 Å². The number of hydrogen-bond acceptors (Lipinski definition) is 5. The van der Waals surface area contributed by atoms with Gasteiger partial charge in [-0.2, -0.15) is 0 Å². The predicted molar refractivity (Wildman–Crippen MR) is 80.3 cm³/mol. The first-order valence-corrected chi connectivity index (χ1v) is 6.56. The fraction of sp³-hybridized carbons (Fsp3) is 0. The molecule has 0 saturated carbocycles. The van der Waals surface area contributed by atoms with E-state index in [2.05, 4.69) is 10.3 Å². The summed E-state index contributed by atoms with van der Waals surface area (Å²) in [6.07, 6.45) is 0.950. The van der Waals surface area contributed by atoms with Crippen LogP contribution in [0.1, 0.15) is 10.4 Å². The maximum Gasteiger partial charge on any atom is 0.339 e. The van der Waals surface area contributed by atoms with Crippen LogP contribution < -0.4 is 5.32 Å². The molecular formula is C12H7FIN3O4. The van der Waals surface area contributed by atoms with Crippen molar-refractivity contribution in [1.82, 2.24) is 4.98 Å². The maximum atomic E-state index is 13.0. The van der Waals surface area contributed by atoms with E-state index in [-0.39, 0.29) is 11.4 Å². The normalized spacial score (nSPS) is 10.2. The number of carbonyl (C=O) groups is 1. The second kappa shape index (κ2) is 5.99. The summed E-state index contributed by atoms with van der Waals surface area (Å²) >= 11 is 1.87. The van der Waals surface area contributed by atoms with E-state index in [0.717, 1.165) is 12.3 Å². The van der Waals surface area contributed by atoms with Crippen LogP contribution in [0, 0.1) is 19.5 Å². The van der Waals surface area contributed by atoms with E-state index < -0.39 is 22.4 Å². The summed E-state index contributed by atoms with van der Waals surface area (Å²) < 4.78 is 13.5. The summed E-state index contributed by atoms with van der Waals surface area (Å²) in [6.45, 7) is 0. The van der Waals surface area contributed by atoms with Crippen LogP contribution in [0.3, 0.4) is 0 Å². The number of carboxylic acid groups (broad SMARTS) is 1. The number of nitrogens with zero attached hydrogens (tertiary/aromatic N) is 2. The van der Waals surface area contributed by atoms with Crippen molar-refractivity contribution in [3.8, 4) is 0 Å². The molecule has 1 aromatic carbocycles. The molecule has 21 heavy (non-hydrogen) atoms. The lowest BCUT2D eigenvalue weighted by Crippen LogP contribution is -2.07. The van der Waals surface area contributed by atoms with E-state index in [0.29, 0.717) is 9.26 Å². The average molecular weight is 403 g/mol. The van der Waals surface area contributed by atoms with Crippen molar-refractivity contribution in [2.75, 3.05) is 5.32 Å². The summed E-state index contributed by atoms with van der Waals surface area (Å²) in [5.41, 5.74) is -0.322. The fourth-order valence-electron chi connectivity index (χ4n) is 1.53. The molecule has 1 heterocycles. The molecule has 2 aromatic rings. The van der Waals surface area contributed by atoms with Gasteiger partial charge in [-0.3, -0.25) is 10.1 Å². The summed E-state index contributed by atoms with van der Waals surface area (Å²) in [4.78, 5) is 24.8. The van der Waals surface area contributed by atoms with Crippen LogP contribution in [0.25, 0.3) is 0 Å². The number of rotatable bonds is 4. The lowest BCUT2D eigenvalue weighted by molar-refractivity contribution is -0.385. The van der Waals surface area contributed by atoms with E-state index in [1.807, 2.05) is 22.6 Å². The van der Waals surface area contributed by atoms with Crippen LogP contribution in [-0.4, -0.2) is 21.0 Å². The van der Waals surface area contributed by atoms with Crippen molar-refractivity contribution in [2.24, 2.45) is 0 Å². The first-order valence-electron chi connectivity index (χ1n) is 5.48. The SMILES string of the molecule is O=C(O)c1cc([N+](=O)[O-])cnc1Nc1ccc(F)cc1I. The Morgan fingerprint density at radius 1 is 1.43 bits per heavy atom. The molecule has 0 radical (unpaired) electrons. The molecule has 7 nitrogen and oxygen atoms in total. The van der Waals surface area contributed by atoms with E-state index in [9.17, 15) is 19.3 Å². The minimum Gasteiger partial charge on any atom is -0.478 e. The van der Waals surface area contributed by atoms with Crippen molar-refractivity contribution in [2.45, 2.75) is 0 Å². The number of nitrogens with one attached hydrogen (secondary N) is 1. The zero-order valence-corrected chi connectivity index (χ0v) is 12.4. The van der Waals surface area contributed by atoms with Crippen LogP contribution in [0.2, 0.25) is 0 Å². The quantitative estimate of drug-likeness (QED) is 0.462. The van der Waals surface area contributed by atoms with Crippen molar-refractivity contribution in [3.05, 3.63) is 55.5 Å². The Balaban J connectivity index is 2.44. The number of anilines is 2. The Morgan fingerprint density at radius 2 is 2.14 bits per heavy atom. The van der Waals surface area contributed by atoms with Gasteiger partial charge in [-0.1, -0.05) is 0 Å². The van der Waals surface area contributed by atoms with E-state index in [1.165, 1.54) is 18.2 Å². The smallest absolute Gasteiger partial charge is 0.339 e. The third-order valence-electron chi connectivity index (χ3n) is 2.50. The molecule has 0 amide bonds. The topological polar surface area (TPSA) is 105 Å². The Bertz CT molecular complexity index is 738. The predicted octanol–water partition coefficient (Wildman–Crippen LogP) is 3.18. The van der Waals surface area contributed by atoms with Crippen LogP contribution >= 0.6 is 22.6 Å². The molecule has 0 unspecified atom stereocenters. The molecule has 0 aliphatic carbocycles. The van der Waals surface area contributed by atoms with Crippen LogP contribution in [0.15, 0.2) is 30.5 Å². The van der Waals surface area contributed by atoms with Crippen molar-refractivity contribution in [3.63, 3.8) is 0 Å². The van der Waals surface area contributed by atoms with Crippen molar-refractivity contribution < 1.29 is 19.2 Å². The second-order valence-electron chi connectivity index (χ2n) is 3.90. The molecule has 2 rings (SSSR count). The number of carboxylic acids is 1. The van der Waals surface area contributed by atoms with Crippen LogP contribution in [0.4, 0.5) is 21.6 Å². The Labute approximate surface area is 131 Å². The number of benzene rings is 1. The van der Waals surface area contributed by atoms with Gasteiger partial charge in [-0.05, 0) is 40.8 Å². The Hall–Kier alpha value is -2.30. The minimum atomic E-state index is -1.36. The number of pyridine rings is 1. The van der Waals surface area contributed by atoms with Gasteiger partial charge >= 0.3 is 5.97 Å². The molecule has 2 N–H and O–H groups in total. The first-order chi connectivity index (χ1) is 9.88. The lowest BCUT2D eigenvalue weighted by Gasteiger charge is -2.10. The molecule has 0 fully saturated rings. The van der Waals surface area contributed by atoms with Crippen molar-refractivity contribution >= 4 is 45.8 Å². The first kappa shape index (κ1) is 15.1. The number of halogens is 2. The van der Waals surface area contributed by atoms with Gasteiger partial charge in [0, 0.05) is 9.64 Å². The highest BCUT2D eigenvalue weighted by Crippen LogP contribution is 2.26. The standard InChI is InChI=1S/C12H7FIN3O4/c13-6-1-2-10(9(14)3-6)16-11-8(12(18)19)4-7(5-15-11)17(20)21/h1-5H,(H,15,16)(H,18,19). The molecule has 108 valence electrons. The molecule has 1 aromatic heterocycles. The summed E-state index contributed by atoms with van der Waals surface area (Å²) in [5, 5.41) is 22.5. The minimum absolute atomic E-state index is 0.0578. The number of hydrogen-bond donors (Lipinski definition) is 2. The van der Waals surface area contributed by atoms with Gasteiger partial charge in [0.1, 0.15) is 23.4 Å². The second-order valence-corrected chi connectivity index (χ2v) is 5.06. The van der Waals surface area contributed by atoms with Crippen LogP contribution in [-0.2, 0) is 0 Å². The zero-order chi connectivity index (χ0) is 15.6.